The first-order valence-electron chi connectivity index (χ1n) is 9.06. The monoisotopic (exact) mass is 386 g/mol. The second kappa shape index (κ2) is 7.60. The summed E-state index contributed by atoms with van der Waals surface area (Å²) < 4.78 is 52.9. The van der Waals surface area contributed by atoms with Crippen LogP contribution >= 0.6 is 0 Å². The molecule has 1 aromatic rings. The molecule has 1 aromatic carbocycles. The summed E-state index contributed by atoms with van der Waals surface area (Å²) in [5.41, 5.74) is 0. The van der Waals surface area contributed by atoms with E-state index in [0.29, 0.717) is 18.9 Å². The molecular weight excluding hydrogens is 362 g/mol. The van der Waals surface area contributed by atoms with Crippen molar-refractivity contribution in [3.8, 4) is 0 Å². The SMILES string of the molecule is CC1CCCCN1C(=O)C1CCN(S(=O)(=O)c2ccc(F)c(F)c2)CC1. The summed E-state index contributed by atoms with van der Waals surface area (Å²) in [5.74, 6) is -2.33. The van der Waals surface area contributed by atoms with Crippen molar-refractivity contribution in [3.05, 3.63) is 29.8 Å². The standard InChI is InChI=1S/C18H24F2N2O3S/c1-13-4-2-3-9-22(13)18(23)14-7-10-21(11-8-14)26(24,25)15-5-6-16(19)17(20)12-15/h5-6,12-14H,2-4,7-11H2,1H3. The molecule has 0 aliphatic carbocycles. The zero-order valence-electron chi connectivity index (χ0n) is 14.8. The molecule has 1 atom stereocenters. The summed E-state index contributed by atoms with van der Waals surface area (Å²) >= 11 is 0. The van der Waals surface area contributed by atoms with Crippen molar-refractivity contribution in [3.63, 3.8) is 0 Å². The number of likely N-dealkylation sites (tertiary alicyclic amines) is 1. The van der Waals surface area contributed by atoms with Gasteiger partial charge in [-0.1, -0.05) is 0 Å². The molecule has 2 fully saturated rings. The average molecular weight is 386 g/mol. The molecule has 0 N–H and O–H groups in total. The summed E-state index contributed by atoms with van der Waals surface area (Å²) in [7, 11) is -3.88. The Balaban J connectivity index is 1.65. The maximum absolute atomic E-state index is 13.4. The molecule has 144 valence electrons. The predicted molar refractivity (Wildman–Crippen MR) is 92.9 cm³/mol. The topological polar surface area (TPSA) is 57.7 Å². The number of amides is 1. The van der Waals surface area contributed by atoms with Crippen LogP contribution < -0.4 is 0 Å². The van der Waals surface area contributed by atoms with Gasteiger partial charge >= 0.3 is 0 Å². The first-order valence-corrected chi connectivity index (χ1v) is 10.5. The van der Waals surface area contributed by atoms with E-state index in [1.54, 1.807) is 0 Å². The minimum Gasteiger partial charge on any atom is -0.340 e. The Morgan fingerprint density at radius 1 is 1.04 bits per heavy atom. The second-order valence-electron chi connectivity index (χ2n) is 7.13. The Morgan fingerprint density at radius 3 is 2.35 bits per heavy atom. The van der Waals surface area contributed by atoms with E-state index in [1.165, 1.54) is 4.31 Å². The second-order valence-corrected chi connectivity index (χ2v) is 9.07. The van der Waals surface area contributed by atoms with Crippen molar-refractivity contribution < 1.29 is 22.0 Å². The van der Waals surface area contributed by atoms with Crippen molar-refractivity contribution in [2.24, 2.45) is 5.92 Å². The minimum absolute atomic E-state index is 0.113. The van der Waals surface area contributed by atoms with E-state index >= 15 is 0 Å². The molecule has 5 nitrogen and oxygen atoms in total. The van der Waals surface area contributed by atoms with E-state index in [4.69, 9.17) is 0 Å². The van der Waals surface area contributed by atoms with Gasteiger partial charge in [-0.25, -0.2) is 17.2 Å². The summed E-state index contributed by atoms with van der Waals surface area (Å²) in [5, 5.41) is 0. The number of hydrogen-bond acceptors (Lipinski definition) is 3. The van der Waals surface area contributed by atoms with Gasteiger partial charge in [0.1, 0.15) is 0 Å². The molecule has 2 aliphatic heterocycles. The zero-order chi connectivity index (χ0) is 18.9. The third kappa shape index (κ3) is 3.76. The molecule has 8 heteroatoms. The van der Waals surface area contributed by atoms with Crippen molar-refractivity contribution in [1.29, 1.82) is 0 Å². The first-order chi connectivity index (χ1) is 12.3. The Hall–Kier alpha value is -1.54. The van der Waals surface area contributed by atoms with E-state index in [9.17, 15) is 22.0 Å². The fraction of sp³-hybridized carbons (Fsp3) is 0.611. The summed E-state index contributed by atoms with van der Waals surface area (Å²) in [6.07, 6.45) is 4.06. The van der Waals surface area contributed by atoms with Gasteiger partial charge < -0.3 is 4.90 Å². The highest BCUT2D eigenvalue weighted by Crippen LogP contribution is 2.28. The summed E-state index contributed by atoms with van der Waals surface area (Å²) in [4.78, 5) is 14.4. The number of carbonyl (C=O) groups excluding carboxylic acids is 1. The quantitative estimate of drug-likeness (QED) is 0.803. The van der Waals surface area contributed by atoms with Gasteiger partial charge in [-0.3, -0.25) is 4.79 Å². The Kier molecular flexibility index (Phi) is 5.62. The van der Waals surface area contributed by atoms with E-state index in [1.807, 2.05) is 4.90 Å². The van der Waals surface area contributed by atoms with Crippen LogP contribution in [0.25, 0.3) is 0 Å². The number of benzene rings is 1. The van der Waals surface area contributed by atoms with Crippen LogP contribution in [0.3, 0.4) is 0 Å². The Morgan fingerprint density at radius 2 is 1.73 bits per heavy atom. The molecule has 0 bridgehead atoms. The van der Waals surface area contributed by atoms with Crippen molar-refractivity contribution in [2.45, 2.75) is 50.0 Å². The molecule has 26 heavy (non-hydrogen) atoms. The lowest BCUT2D eigenvalue weighted by Gasteiger charge is -2.38. The highest BCUT2D eigenvalue weighted by Gasteiger charge is 2.35. The number of nitrogens with zero attached hydrogens (tertiary/aromatic N) is 2. The third-order valence-corrected chi connectivity index (χ3v) is 7.31. The summed E-state index contributed by atoms with van der Waals surface area (Å²) in [6, 6.07) is 2.83. The van der Waals surface area contributed by atoms with Gasteiger partial charge in [0.15, 0.2) is 11.6 Å². The number of sulfonamides is 1. The molecule has 2 heterocycles. The minimum atomic E-state index is -3.88. The molecule has 1 unspecified atom stereocenters. The van der Waals surface area contributed by atoms with Crippen LogP contribution in [0.4, 0.5) is 8.78 Å². The molecule has 0 spiro atoms. The van der Waals surface area contributed by atoms with Gasteiger partial charge in [0.25, 0.3) is 0 Å². The normalized spacial score (nSPS) is 23.2. The van der Waals surface area contributed by atoms with Crippen LogP contribution in [0, 0.1) is 17.6 Å². The summed E-state index contributed by atoms with van der Waals surface area (Å²) in [6.45, 7) is 3.24. The van der Waals surface area contributed by atoms with Crippen LogP contribution in [0.1, 0.15) is 39.0 Å². The maximum Gasteiger partial charge on any atom is 0.243 e. The van der Waals surface area contributed by atoms with Crippen molar-refractivity contribution in [1.82, 2.24) is 9.21 Å². The van der Waals surface area contributed by atoms with E-state index < -0.39 is 21.7 Å². The zero-order valence-corrected chi connectivity index (χ0v) is 15.6. The molecule has 0 aromatic heterocycles. The van der Waals surface area contributed by atoms with Crippen LogP contribution in [0.2, 0.25) is 0 Å². The molecule has 0 saturated carbocycles. The largest absolute Gasteiger partial charge is 0.340 e. The molecule has 1 amide bonds. The van der Waals surface area contributed by atoms with Gasteiger partial charge in [0.05, 0.1) is 4.90 Å². The van der Waals surface area contributed by atoms with Crippen LogP contribution in [0.15, 0.2) is 23.1 Å². The van der Waals surface area contributed by atoms with Gasteiger partial charge in [-0.2, -0.15) is 4.31 Å². The Bertz CT molecular complexity index is 777. The lowest BCUT2D eigenvalue weighted by molar-refractivity contribution is -0.140. The van der Waals surface area contributed by atoms with Gasteiger partial charge in [-0.15, -0.1) is 0 Å². The Labute approximate surface area is 153 Å². The highest BCUT2D eigenvalue weighted by molar-refractivity contribution is 7.89. The number of rotatable bonds is 3. The van der Waals surface area contributed by atoms with Gasteiger partial charge in [0.2, 0.25) is 15.9 Å². The van der Waals surface area contributed by atoms with E-state index in [2.05, 4.69) is 6.92 Å². The molecule has 2 saturated heterocycles. The molecule has 2 aliphatic rings. The first kappa shape index (κ1) is 19.2. The number of carbonyl (C=O) groups is 1. The van der Waals surface area contributed by atoms with Crippen LogP contribution in [-0.2, 0) is 14.8 Å². The van der Waals surface area contributed by atoms with Crippen molar-refractivity contribution in [2.75, 3.05) is 19.6 Å². The van der Waals surface area contributed by atoms with Crippen LogP contribution in [-0.4, -0.2) is 49.2 Å². The van der Waals surface area contributed by atoms with Gasteiger partial charge in [0, 0.05) is 31.6 Å². The molecule has 3 rings (SSSR count). The number of hydrogen-bond donors (Lipinski definition) is 0. The fourth-order valence-electron chi connectivity index (χ4n) is 3.79. The van der Waals surface area contributed by atoms with Crippen molar-refractivity contribution >= 4 is 15.9 Å². The molecular formula is C18H24F2N2O3S. The lowest BCUT2D eigenvalue weighted by atomic mass is 9.94. The van der Waals surface area contributed by atoms with E-state index in [-0.39, 0.29) is 35.9 Å². The smallest absolute Gasteiger partial charge is 0.243 e. The highest BCUT2D eigenvalue weighted by atomic mass is 32.2. The average Bonchev–Trinajstić information content (AvgIpc) is 2.64. The predicted octanol–water partition coefficient (Wildman–Crippen LogP) is 2.77. The number of halogens is 2. The lowest BCUT2D eigenvalue weighted by Crippen LogP contribution is -2.48. The fourth-order valence-corrected chi connectivity index (χ4v) is 5.27. The maximum atomic E-state index is 13.4. The van der Waals surface area contributed by atoms with E-state index in [0.717, 1.165) is 37.9 Å². The third-order valence-electron chi connectivity index (χ3n) is 5.42. The van der Waals surface area contributed by atoms with Crippen LogP contribution in [0.5, 0.6) is 0 Å². The van der Waals surface area contributed by atoms with Gasteiger partial charge in [-0.05, 0) is 57.2 Å². The molecule has 0 radical (unpaired) electrons. The number of piperidine rings is 2.